The van der Waals surface area contributed by atoms with Gasteiger partial charge in [0.2, 0.25) is 12.3 Å². The van der Waals surface area contributed by atoms with Crippen LogP contribution in [0.15, 0.2) is 24.3 Å². The normalized spacial score (nSPS) is 23.1. The first kappa shape index (κ1) is 21.2. The number of carbonyl (C=O) groups excluding carboxylic acids is 2. The van der Waals surface area contributed by atoms with Crippen molar-refractivity contribution < 1.29 is 9.59 Å². The van der Waals surface area contributed by atoms with Gasteiger partial charge in [-0.2, -0.15) is 0 Å². The van der Waals surface area contributed by atoms with E-state index in [1.165, 1.54) is 30.4 Å². The highest BCUT2D eigenvalue weighted by Crippen LogP contribution is 2.30. The number of fused-ring (bicyclic) bond motifs is 1. The summed E-state index contributed by atoms with van der Waals surface area (Å²) >= 11 is 1.68. The molecule has 2 amide bonds. The van der Waals surface area contributed by atoms with Gasteiger partial charge in [0.1, 0.15) is 6.04 Å². The van der Waals surface area contributed by atoms with Crippen molar-refractivity contribution >= 4 is 24.3 Å². The Balaban J connectivity index is 1.65. The van der Waals surface area contributed by atoms with Gasteiger partial charge in [-0.1, -0.05) is 42.6 Å². The molecule has 0 heterocycles. The third-order valence-corrected chi connectivity index (χ3v) is 6.88. The Labute approximate surface area is 173 Å². The molecule has 2 aliphatic carbocycles. The van der Waals surface area contributed by atoms with E-state index >= 15 is 0 Å². The molecule has 0 aromatic heterocycles. The van der Waals surface area contributed by atoms with Crippen molar-refractivity contribution in [3.05, 3.63) is 35.4 Å². The Hall–Kier alpha value is -1.53. The van der Waals surface area contributed by atoms with Gasteiger partial charge >= 0.3 is 0 Å². The van der Waals surface area contributed by atoms with Crippen LogP contribution in [-0.2, 0) is 22.4 Å². The molecule has 3 atom stereocenters. The molecular formula is C22H33N3O2S. The van der Waals surface area contributed by atoms with Crippen LogP contribution in [0.25, 0.3) is 0 Å². The fraction of sp³-hybridized carbons (Fsp3) is 0.636. The molecule has 0 bridgehead atoms. The van der Waals surface area contributed by atoms with Crippen LogP contribution in [-0.4, -0.2) is 48.6 Å². The lowest BCUT2D eigenvalue weighted by Gasteiger charge is -2.35. The largest absolute Gasteiger partial charge is 0.347 e. The SMILES string of the molecule is CCN(CC1CCCC(NSC)C1)C(=O)C(NC=O)C1Cc2ccccc2C1. The van der Waals surface area contributed by atoms with Crippen molar-refractivity contribution in [2.45, 2.75) is 57.5 Å². The second-order valence-electron chi connectivity index (χ2n) is 8.13. The zero-order valence-corrected chi connectivity index (χ0v) is 17.8. The van der Waals surface area contributed by atoms with E-state index in [0.717, 1.165) is 25.8 Å². The Kier molecular flexibility index (Phi) is 7.80. The predicted molar refractivity (Wildman–Crippen MR) is 115 cm³/mol. The number of likely N-dealkylation sites (N-methyl/N-ethyl adjacent to an activating group) is 1. The second-order valence-corrected chi connectivity index (χ2v) is 8.77. The smallest absolute Gasteiger partial charge is 0.245 e. The Morgan fingerprint density at radius 1 is 1.29 bits per heavy atom. The van der Waals surface area contributed by atoms with Crippen LogP contribution in [0.3, 0.4) is 0 Å². The molecule has 1 saturated carbocycles. The predicted octanol–water partition coefficient (Wildman–Crippen LogP) is 2.79. The van der Waals surface area contributed by atoms with Crippen molar-refractivity contribution in [1.29, 1.82) is 0 Å². The molecule has 0 radical (unpaired) electrons. The second kappa shape index (κ2) is 10.3. The van der Waals surface area contributed by atoms with Gasteiger partial charge in [-0.3, -0.25) is 14.3 Å². The van der Waals surface area contributed by atoms with Gasteiger partial charge < -0.3 is 10.2 Å². The van der Waals surface area contributed by atoms with E-state index in [-0.39, 0.29) is 11.8 Å². The van der Waals surface area contributed by atoms with Crippen LogP contribution in [0.2, 0.25) is 0 Å². The molecule has 6 heteroatoms. The summed E-state index contributed by atoms with van der Waals surface area (Å²) in [4.78, 5) is 26.6. The van der Waals surface area contributed by atoms with Crippen LogP contribution in [0.1, 0.15) is 43.7 Å². The number of benzene rings is 1. The number of nitrogens with one attached hydrogen (secondary N) is 2. The quantitative estimate of drug-likeness (QED) is 0.492. The average Bonchev–Trinajstić information content (AvgIpc) is 3.14. The molecule has 2 aliphatic rings. The summed E-state index contributed by atoms with van der Waals surface area (Å²) in [6, 6.07) is 8.47. The zero-order chi connectivity index (χ0) is 19.9. The Morgan fingerprint density at radius 2 is 2.00 bits per heavy atom. The highest BCUT2D eigenvalue weighted by Gasteiger charge is 2.36. The van der Waals surface area contributed by atoms with Crippen molar-refractivity contribution in [1.82, 2.24) is 14.9 Å². The zero-order valence-electron chi connectivity index (χ0n) is 17.0. The third kappa shape index (κ3) is 5.09. The van der Waals surface area contributed by atoms with E-state index in [2.05, 4.69) is 28.4 Å². The monoisotopic (exact) mass is 403 g/mol. The molecule has 0 aliphatic heterocycles. The van der Waals surface area contributed by atoms with Crippen LogP contribution >= 0.6 is 11.9 Å². The molecule has 0 spiro atoms. The van der Waals surface area contributed by atoms with Crippen molar-refractivity contribution in [2.24, 2.45) is 11.8 Å². The van der Waals surface area contributed by atoms with Gasteiger partial charge in [0.15, 0.2) is 0 Å². The van der Waals surface area contributed by atoms with Crippen LogP contribution in [0, 0.1) is 11.8 Å². The molecule has 28 heavy (non-hydrogen) atoms. The lowest BCUT2D eigenvalue weighted by Crippen LogP contribution is -2.52. The van der Waals surface area contributed by atoms with Crippen LogP contribution in [0.5, 0.6) is 0 Å². The minimum Gasteiger partial charge on any atom is -0.347 e. The number of hydrogen-bond donors (Lipinski definition) is 2. The van der Waals surface area contributed by atoms with Crippen molar-refractivity contribution in [2.75, 3.05) is 19.3 Å². The number of hydrogen-bond acceptors (Lipinski definition) is 4. The minimum atomic E-state index is -0.437. The Morgan fingerprint density at radius 3 is 2.61 bits per heavy atom. The van der Waals surface area contributed by atoms with E-state index in [4.69, 9.17) is 0 Å². The maximum Gasteiger partial charge on any atom is 0.245 e. The highest BCUT2D eigenvalue weighted by molar-refractivity contribution is 7.96. The summed E-state index contributed by atoms with van der Waals surface area (Å²) in [5.74, 6) is 0.744. The van der Waals surface area contributed by atoms with E-state index < -0.39 is 6.04 Å². The molecule has 0 saturated heterocycles. The van der Waals surface area contributed by atoms with Gasteiger partial charge in [0.25, 0.3) is 0 Å². The lowest BCUT2D eigenvalue weighted by atomic mass is 9.85. The maximum atomic E-state index is 13.4. The molecule has 1 fully saturated rings. The Bertz CT molecular complexity index is 642. The van der Waals surface area contributed by atoms with E-state index in [0.29, 0.717) is 24.9 Å². The van der Waals surface area contributed by atoms with Gasteiger partial charge in [-0.05, 0) is 68.2 Å². The summed E-state index contributed by atoms with van der Waals surface area (Å²) in [5, 5.41) is 2.85. The first-order valence-electron chi connectivity index (χ1n) is 10.5. The third-order valence-electron chi connectivity index (χ3n) is 6.31. The minimum absolute atomic E-state index is 0.0763. The molecule has 1 aromatic rings. The lowest BCUT2D eigenvalue weighted by molar-refractivity contribution is -0.136. The molecule has 2 N–H and O–H groups in total. The topological polar surface area (TPSA) is 61.4 Å². The first-order valence-corrected chi connectivity index (χ1v) is 11.7. The highest BCUT2D eigenvalue weighted by atomic mass is 32.2. The summed E-state index contributed by atoms with van der Waals surface area (Å²) in [6.07, 6.45) is 9.19. The summed E-state index contributed by atoms with van der Waals surface area (Å²) in [7, 11) is 0. The molecular weight excluding hydrogens is 370 g/mol. The van der Waals surface area contributed by atoms with Crippen molar-refractivity contribution in [3.8, 4) is 0 Å². The fourth-order valence-electron chi connectivity index (χ4n) is 4.92. The number of carbonyl (C=O) groups is 2. The van der Waals surface area contributed by atoms with E-state index in [9.17, 15) is 9.59 Å². The van der Waals surface area contributed by atoms with Gasteiger partial charge in [-0.25, -0.2) is 0 Å². The van der Waals surface area contributed by atoms with Crippen molar-refractivity contribution in [3.63, 3.8) is 0 Å². The summed E-state index contributed by atoms with van der Waals surface area (Å²) < 4.78 is 3.49. The van der Waals surface area contributed by atoms with Gasteiger partial charge in [0.05, 0.1) is 0 Å². The number of amides is 2. The van der Waals surface area contributed by atoms with Gasteiger partial charge in [-0.15, -0.1) is 0 Å². The van der Waals surface area contributed by atoms with Gasteiger partial charge in [0, 0.05) is 19.1 Å². The van der Waals surface area contributed by atoms with E-state index in [1.807, 2.05) is 24.0 Å². The summed E-state index contributed by atoms with van der Waals surface area (Å²) in [6.45, 7) is 3.52. The average molecular weight is 404 g/mol. The standard InChI is InChI=1S/C22H33N3O2S/c1-3-25(14-16-7-6-10-20(11-16)24-28-2)22(27)21(23-15-26)19-12-17-8-4-5-9-18(17)13-19/h4-5,8-9,15-16,19-21,24H,3,6-7,10-14H2,1-2H3,(H,23,26). The molecule has 3 unspecified atom stereocenters. The van der Waals surface area contributed by atoms with Crippen LogP contribution in [0.4, 0.5) is 0 Å². The van der Waals surface area contributed by atoms with E-state index in [1.54, 1.807) is 11.9 Å². The molecule has 5 nitrogen and oxygen atoms in total. The molecule has 1 aromatic carbocycles. The molecule has 3 rings (SSSR count). The number of rotatable bonds is 9. The number of nitrogens with zero attached hydrogens (tertiary/aromatic N) is 1. The first-order chi connectivity index (χ1) is 13.7. The maximum absolute atomic E-state index is 13.4. The molecule has 154 valence electrons. The van der Waals surface area contributed by atoms with Crippen LogP contribution < -0.4 is 10.0 Å². The fourth-order valence-corrected chi connectivity index (χ4v) is 5.47. The summed E-state index contributed by atoms with van der Waals surface area (Å²) in [5.41, 5.74) is 2.61.